The van der Waals surface area contributed by atoms with Crippen LogP contribution in [0.4, 0.5) is 5.13 Å². The zero-order valence-electron chi connectivity index (χ0n) is 19.6. The van der Waals surface area contributed by atoms with Gasteiger partial charge in [-0.2, -0.15) is 0 Å². The van der Waals surface area contributed by atoms with Crippen molar-refractivity contribution in [3.8, 4) is 0 Å². The van der Waals surface area contributed by atoms with Crippen LogP contribution in [-0.2, 0) is 14.6 Å². The fourth-order valence-electron chi connectivity index (χ4n) is 3.64. The van der Waals surface area contributed by atoms with Gasteiger partial charge in [0.25, 0.3) is 11.8 Å². The number of anilines is 1. The topological polar surface area (TPSA) is 171 Å². The molecular weight excluding hydrogens is 557 g/mol. The van der Waals surface area contributed by atoms with E-state index in [2.05, 4.69) is 20.6 Å². The van der Waals surface area contributed by atoms with Crippen LogP contribution in [0.1, 0.15) is 42.8 Å². The molecule has 0 aliphatic carbocycles. The first kappa shape index (κ1) is 28.2. The van der Waals surface area contributed by atoms with E-state index in [0.29, 0.717) is 23.8 Å². The summed E-state index contributed by atoms with van der Waals surface area (Å²) in [5.41, 5.74) is 0.419. The summed E-state index contributed by atoms with van der Waals surface area (Å²) in [5, 5.41) is 15.5. The summed E-state index contributed by atoms with van der Waals surface area (Å²) in [6, 6.07) is -0.380. The van der Waals surface area contributed by atoms with Crippen molar-refractivity contribution >= 4 is 67.3 Å². The maximum absolute atomic E-state index is 12.7. The molecule has 0 spiro atoms. The highest BCUT2D eigenvalue weighted by molar-refractivity contribution is 7.90. The molecule has 0 radical (unpaired) electrons. The molecule has 2 amide bonds. The minimum absolute atomic E-state index is 0.129. The number of thiazole rings is 1. The first-order valence-corrected chi connectivity index (χ1v) is 14.3. The average molecular weight is 582 g/mol. The minimum Gasteiger partial charge on any atom is -0.477 e. The van der Waals surface area contributed by atoms with E-state index in [4.69, 9.17) is 27.9 Å². The standard InChI is InChI=1S/C20H25Cl2N5O7S2/c1-9-12(21)13(22)14(24-9)18(29)25-10-4-6-27(8-11(10)34-2)20-26-15(16(35-20)19(30)31)17(28)23-5-7-36(3,32)33/h10-11,24H,4-8H2,1-3H3,(H,23,28)(H,25,29)(H,30,31)/t10?,11-/m0/s1. The lowest BCUT2D eigenvalue weighted by atomic mass is 10.0. The highest BCUT2D eigenvalue weighted by Crippen LogP contribution is 2.31. The molecule has 0 bridgehead atoms. The number of halogens is 2. The Balaban J connectivity index is 1.72. The molecule has 1 aliphatic rings. The number of carboxylic acid groups (broad SMARTS) is 1. The fraction of sp³-hybridized carbons (Fsp3) is 0.500. The van der Waals surface area contributed by atoms with Crippen molar-refractivity contribution < 1.29 is 32.6 Å². The smallest absolute Gasteiger partial charge is 0.348 e. The third-order valence-electron chi connectivity index (χ3n) is 5.51. The molecule has 1 aliphatic heterocycles. The van der Waals surface area contributed by atoms with Gasteiger partial charge in [0, 0.05) is 38.7 Å². The normalized spacial score (nSPS) is 18.2. The molecule has 4 N–H and O–H groups in total. The van der Waals surface area contributed by atoms with Gasteiger partial charge in [-0.05, 0) is 13.3 Å². The van der Waals surface area contributed by atoms with Crippen LogP contribution in [-0.4, -0.2) is 92.2 Å². The number of aromatic nitrogens is 2. The van der Waals surface area contributed by atoms with Crippen molar-refractivity contribution in [2.75, 3.05) is 43.7 Å². The molecule has 2 aromatic rings. The first-order valence-electron chi connectivity index (χ1n) is 10.6. The minimum atomic E-state index is -3.30. The van der Waals surface area contributed by atoms with E-state index in [1.165, 1.54) is 7.11 Å². The van der Waals surface area contributed by atoms with E-state index in [9.17, 15) is 27.9 Å². The lowest BCUT2D eigenvalue weighted by molar-refractivity contribution is 0.0540. The number of rotatable bonds is 9. The second-order valence-electron chi connectivity index (χ2n) is 8.21. The predicted octanol–water partition coefficient (Wildman–Crippen LogP) is 1.58. The van der Waals surface area contributed by atoms with Crippen molar-refractivity contribution in [3.05, 3.63) is 32.0 Å². The number of aromatic carboxylic acids is 1. The molecule has 2 atom stereocenters. The number of sulfone groups is 1. The molecule has 3 rings (SSSR count). The first-order chi connectivity index (χ1) is 16.8. The van der Waals surface area contributed by atoms with E-state index in [0.717, 1.165) is 17.6 Å². The quantitative estimate of drug-likeness (QED) is 0.343. The van der Waals surface area contributed by atoms with Crippen LogP contribution in [0.2, 0.25) is 10.0 Å². The largest absolute Gasteiger partial charge is 0.477 e. The number of amides is 2. The van der Waals surface area contributed by atoms with Crippen molar-refractivity contribution in [1.29, 1.82) is 0 Å². The third-order valence-corrected chi connectivity index (χ3v) is 8.51. The second kappa shape index (κ2) is 11.3. The van der Waals surface area contributed by atoms with Crippen molar-refractivity contribution in [2.45, 2.75) is 25.5 Å². The zero-order valence-corrected chi connectivity index (χ0v) is 22.7. The number of hydrogen-bond acceptors (Lipinski definition) is 9. The van der Waals surface area contributed by atoms with Crippen LogP contribution in [0.15, 0.2) is 0 Å². The Morgan fingerprint density at radius 2 is 1.97 bits per heavy atom. The van der Waals surface area contributed by atoms with Crippen LogP contribution in [0.25, 0.3) is 0 Å². The van der Waals surface area contributed by atoms with Crippen LogP contribution in [0, 0.1) is 6.92 Å². The average Bonchev–Trinajstić information content (AvgIpc) is 3.36. The van der Waals surface area contributed by atoms with E-state index in [1.54, 1.807) is 11.8 Å². The zero-order chi connectivity index (χ0) is 26.8. The number of aromatic amines is 1. The van der Waals surface area contributed by atoms with Crippen LogP contribution in [0.5, 0.6) is 0 Å². The summed E-state index contributed by atoms with van der Waals surface area (Å²) in [7, 11) is -1.81. The highest BCUT2D eigenvalue weighted by atomic mass is 35.5. The molecule has 198 valence electrons. The molecule has 1 saturated heterocycles. The molecule has 1 unspecified atom stereocenters. The van der Waals surface area contributed by atoms with E-state index in [-0.39, 0.29) is 51.2 Å². The number of ether oxygens (including phenoxy) is 1. The summed E-state index contributed by atoms with van der Waals surface area (Å²) in [4.78, 5) is 45.5. The molecule has 0 saturated carbocycles. The molecule has 0 aromatic carbocycles. The number of carbonyl (C=O) groups is 3. The number of piperidine rings is 1. The van der Waals surface area contributed by atoms with Gasteiger partial charge >= 0.3 is 5.97 Å². The lowest BCUT2D eigenvalue weighted by Gasteiger charge is -2.37. The lowest BCUT2D eigenvalue weighted by Crippen LogP contribution is -2.55. The molecule has 2 aromatic heterocycles. The van der Waals surface area contributed by atoms with Gasteiger partial charge in [0.2, 0.25) is 0 Å². The Morgan fingerprint density at radius 3 is 2.53 bits per heavy atom. The third kappa shape index (κ3) is 6.48. The van der Waals surface area contributed by atoms with Crippen molar-refractivity contribution in [3.63, 3.8) is 0 Å². The number of nitrogens with zero attached hydrogens (tertiary/aromatic N) is 2. The Morgan fingerprint density at radius 1 is 1.28 bits per heavy atom. The summed E-state index contributed by atoms with van der Waals surface area (Å²) in [5.74, 6) is -2.83. The van der Waals surface area contributed by atoms with E-state index >= 15 is 0 Å². The molecule has 1 fully saturated rings. The number of nitrogens with one attached hydrogen (secondary N) is 3. The van der Waals surface area contributed by atoms with Gasteiger partial charge in [0.15, 0.2) is 10.8 Å². The summed E-state index contributed by atoms with van der Waals surface area (Å²) in [6.07, 6.45) is 0.995. The van der Waals surface area contributed by atoms with Gasteiger partial charge in [-0.1, -0.05) is 34.5 Å². The molecule has 16 heteroatoms. The fourth-order valence-corrected chi connectivity index (χ4v) is 5.47. The van der Waals surface area contributed by atoms with Gasteiger partial charge in [-0.25, -0.2) is 18.2 Å². The van der Waals surface area contributed by atoms with E-state index in [1.807, 2.05) is 0 Å². The van der Waals surface area contributed by atoms with E-state index < -0.39 is 33.7 Å². The molecule has 12 nitrogen and oxygen atoms in total. The van der Waals surface area contributed by atoms with Gasteiger partial charge in [-0.15, -0.1) is 0 Å². The summed E-state index contributed by atoms with van der Waals surface area (Å²) in [6.45, 7) is 2.18. The number of aryl methyl sites for hydroxylation is 1. The summed E-state index contributed by atoms with van der Waals surface area (Å²) < 4.78 is 28.1. The summed E-state index contributed by atoms with van der Waals surface area (Å²) >= 11 is 13.0. The maximum atomic E-state index is 12.7. The monoisotopic (exact) mass is 581 g/mol. The van der Waals surface area contributed by atoms with Crippen molar-refractivity contribution in [2.24, 2.45) is 0 Å². The van der Waals surface area contributed by atoms with Gasteiger partial charge in [0.05, 0.1) is 27.9 Å². The van der Waals surface area contributed by atoms with Gasteiger partial charge in [0.1, 0.15) is 20.4 Å². The molecule has 3 heterocycles. The Hall–Kier alpha value is -2.39. The SMILES string of the molecule is CO[C@H]1CN(c2nc(C(=O)NCCS(C)(=O)=O)c(C(=O)O)s2)CCC1NC(=O)c1[nH]c(C)c(Cl)c1Cl. The number of methoxy groups -OCH3 is 1. The molecule has 36 heavy (non-hydrogen) atoms. The predicted molar refractivity (Wildman–Crippen MR) is 136 cm³/mol. The van der Waals surface area contributed by atoms with Crippen LogP contribution < -0.4 is 15.5 Å². The Bertz CT molecular complexity index is 1280. The number of H-pyrrole nitrogens is 1. The number of hydrogen-bond donors (Lipinski definition) is 4. The van der Waals surface area contributed by atoms with Crippen molar-refractivity contribution in [1.82, 2.24) is 20.6 Å². The van der Waals surface area contributed by atoms with Crippen LogP contribution in [0.3, 0.4) is 0 Å². The Labute approximate surface area is 221 Å². The molecular formula is C20H25Cl2N5O7S2. The van der Waals surface area contributed by atoms with Crippen LogP contribution >= 0.6 is 34.5 Å². The number of carbonyl (C=O) groups excluding carboxylic acids is 2. The second-order valence-corrected chi connectivity index (χ2v) is 12.2. The Kier molecular flexibility index (Phi) is 8.88. The highest BCUT2D eigenvalue weighted by Gasteiger charge is 2.34. The van der Waals surface area contributed by atoms with Gasteiger partial charge in [-0.3, -0.25) is 9.59 Å². The number of carboxylic acids is 1. The van der Waals surface area contributed by atoms with Gasteiger partial charge < -0.3 is 30.4 Å². The maximum Gasteiger partial charge on any atom is 0.348 e.